The number of rotatable bonds is 3. The minimum Gasteiger partial charge on any atom is -0.299 e. The predicted molar refractivity (Wildman–Crippen MR) is 56.7 cm³/mol. The average molecular weight is 182 g/mol. The molecule has 0 saturated carbocycles. The first-order valence-electron chi connectivity index (χ1n) is 4.62. The second kappa shape index (κ2) is 3.65. The Kier molecular flexibility index (Phi) is 3.48. The van der Waals surface area contributed by atoms with E-state index >= 15 is 0 Å². The van der Waals surface area contributed by atoms with Crippen LogP contribution in [0.2, 0.25) is 5.31 Å². The van der Waals surface area contributed by atoms with E-state index in [1.165, 1.54) is 0 Å². The zero-order valence-corrected chi connectivity index (χ0v) is 9.52. The lowest BCUT2D eigenvalue weighted by atomic mass is 9.67. The molecule has 0 N–H and O–H groups in total. The fourth-order valence-electron chi connectivity index (χ4n) is 0.676. The van der Waals surface area contributed by atoms with Gasteiger partial charge in [0.25, 0.3) is 0 Å². The van der Waals surface area contributed by atoms with E-state index in [2.05, 4.69) is 0 Å². The normalized spacial score (nSPS) is 12.7. The largest absolute Gasteiger partial charge is 0.299 e. The predicted octanol–water partition coefficient (Wildman–Crippen LogP) is 1.39. The number of hydrogen-bond donors (Lipinski definition) is 0. The standard InChI is InChI=1S/C10H19BO2/c1-9(2,3)7(12)6-8(13)10(4,5)11/h6,11H2,1-5H3. The van der Waals surface area contributed by atoms with Crippen LogP contribution in [0.4, 0.5) is 0 Å². The van der Waals surface area contributed by atoms with E-state index in [4.69, 9.17) is 0 Å². The van der Waals surface area contributed by atoms with Crippen LogP contribution in [0.1, 0.15) is 41.0 Å². The molecule has 0 rings (SSSR count). The summed E-state index contributed by atoms with van der Waals surface area (Å²) in [6.45, 7) is 9.19. The van der Waals surface area contributed by atoms with Crippen LogP contribution in [-0.4, -0.2) is 19.4 Å². The molecular formula is C10H19BO2. The Morgan fingerprint density at radius 1 is 1.00 bits per heavy atom. The van der Waals surface area contributed by atoms with E-state index in [9.17, 15) is 9.59 Å². The summed E-state index contributed by atoms with van der Waals surface area (Å²) in [7, 11) is 1.84. The molecule has 2 nitrogen and oxygen atoms in total. The highest BCUT2D eigenvalue weighted by atomic mass is 16.1. The lowest BCUT2D eigenvalue weighted by Crippen LogP contribution is -2.27. The second-order valence-electron chi connectivity index (χ2n) is 5.52. The Morgan fingerprint density at radius 2 is 1.38 bits per heavy atom. The van der Waals surface area contributed by atoms with Crippen LogP contribution in [0.5, 0.6) is 0 Å². The van der Waals surface area contributed by atoms with Crippen molar-refractivity contribution in [1.82, 2.24) is 0 Å². The molecule has 13 heavy (non-hydrogen) atoms. The quantitative estimate of drug-likeness (QED) is 0.488. The highest BCUT2D eigenvalue weighted by molar-refractivity contribution is 6.29. The molecule has 0 aromatic carbocycles. The summed E-state index contributed by atoms with van der Waals surface area (Å²) in [6, 6.07) is 0. The second-order valence-corrected chi connectivity index (χ2v) is 5.52. The molecule has 0 radical (unpaired) electrons. The minimum absolute atomic E-state index is 0.0208. The summed E-state index contributed by atoms with van der Waals surface area (Å²) in [6.07, 6.45) is 0.0625. The van der Waals surface area contributed by atoms with Crippen LogP contribution in [-0.2, 0) is 9.59 Å². The van der Waals surface area contributed by atoms with Gasteiger partial charge in [0.15, 0.2) is 0 Å². The lowest BCUT2D eigenvalue weighted by Gasteiger charge is -2.20. The molecule has 74 valence electrons. The average Bonchev–Trinajstić information content (AvgIpc) is 1.82. The molecule has 0 aromatic rings. The van der Waals surface area contributed by atoms with Crippen molar-refractivity contribution in [1.29, 1.82) is 0 Å². The van der Waals surface area contributed by atoms with Gasteiger partial charge in [-0.15, -0.1) is 0 Å². The fraction of sp³-hybridized carbons (Fsp3) is 0.800. The molecule has 0 aliphatic carbocycles. The number of hydrogen-bond acceptors (Lipinski definition) is 2. The fourth-order valence-corrected chi connectivity index (χ4v) is 0.676. The summed E-state index contributed by atoms with van der Waals surface area (Å²) in [5.41, 5.74) is -0.402. The van der Waals surface area contributed by atoms with Gasteiger partial charge in [-0.05, 0) is 5.31 Å². The molecule has 0 spiro atoms. The van der Waals surface area contributed by atoms with Gasteiger partial charge in [-0.1, -0.05) is 34.6 Å². The van der Waals surface area contributed by atoms with Gasteiger partial charge in [0.2, 0.25) is 0 Å². The molecule has 0 unspecified atom stereocenters. The van der Waals surface area contributed by atoms with Crippen molar-refractivity contribution in [2.45, 2.75) is 46.4 Å². The summed E-state index contributed by atoms with van der Waals surface area (Å²) in [4.78, 5) is 23.0. The van der Waals surface area contributed by atoms with Gasteiger partial charge in [0.1, 0.15) is 19.4 Å². The molecule has 0 heterocycles. The molecule has 0 fully saturated rings. The zero-order chi connectivity index (χ0) is 10.9. The van der Waals surface area contributed by atoms with E-state index in [0.717, 1.165) is 0 Å². The van der Waals surface area contributed by atoms with E-state index in [0.29, 0.717) is 0 Å². The molecule has 0 aliphatic heterocycles. The molecule has 0 aliphatic rings. The number of ketones is 2. The number of carbonyl (C=O) groups is 2. The van der Waals surface area contributed by atoms with Crippen LogP contribution in [0.25, 0.3) is 0 Å². The maximum Gasteiger partial charge on any atom is 0.145 e. The SMILES string of the molecule is BC(C)(C)C(=O)CC(=O)C(C)(C)C. The minimum atomic E-state index is -0.402. The van der Waals surface area contributed by atoms with Crippen molar-refractivity contribution >= 4 is 19.4 Å². The number of Topliss-reactive ketones (excluding diaryl/α,β-unsaturated/α-hetero) is 2. The van der Waals surface area contributed by atoms with Crippen molar-refractivity contribution in [3.8, 4) is 0 Å². The van der Waals surface area contributed by atoms with Gasteiger partial charge < -0.3 is 0 Å². The molecule has 0 bridgehead atoms. The summed E-state index contributed by atoms with van der Waals surface area (Å²) >= 11 is 0. The van der Waals surface area contributed by atoms with E-state index in [-0.39, 0.29) is 18.0 Å². The first-order valence-corrected chi connectivity index (χ1v) is 4.62. The van der Waals surface area contributed by atoms with Crippen molar-refractivity contribution in [3.05, 3.63) is 0 Å². The summed E-state index contributed by atoms with van der Waals surface area (Å²) in [5.74, 6) is 0.0415. The Balaban J connectivity index is 4.34. The Hall–Kier alpha value is -0.595. The van der Waals surface area contributed by atoms with Crippen LogP contribution in [0.15, 0.2) is 0 Å². The third-order valence-electron chi connectivity index (χ3n) is 1.99. The first-order chi connectivity index (χ1) is 5.55. The van der Waals surface area contributed by atoms with Gasteiger partial charge in [0.05, 0.1) is 6.42 Å². The van der Waals surface area contributed by atoms with Gasteiger partial charge in [-0.25, -0.2) is 0 Å². The van der Waals surface area contributed by atoms with Crippen molar-refractivity contribution in [3.63, 3.8) is 0 Å². The first kappa shape index (κ1) is 12.4. The Morgan fingerprint density at radius 3 is 1.62 bits per heavy atom. The van der Waals surface area contributed by atoms with Crippen molar-refractivity contribution < 1.29 is 9.59 Å². The van der Waals surface area contributed by atoms with Gasteiger partial charge >= 0.3 is 0 Å². The smallest absolute Gasteiger partial charge is 0.145 e. The molecule has 0 amide bonds. The van der Waals surface area contributed by atoms with Crippen molar-refractivity contribution in [2.24, 2.45) is 5.41 Å². The lowest BCUT2D eigenvalue weighted by molar-refractivity contribution is -0.132. The number of carbonyl (C=O) groups excluding carboxylic acids is 2. The Labute approximate surface area is 81.5 Å². The monoisotopic (exact) mass is 182 g/mol. The van der Waals surface area contributed by atoms with Crippen LogP contribution in [0.3, 0.4) is 0 Å². The third kappa shape index (κ3) is 4.25. The van der Waals surface area contributed by atoms with E-state index in [1.807, 2.05) is 42.5 Å². The molecule has 0 atom stereocenters. The zero-order valence-electron chi connectivity index (χ0n) is 9.52. The van der Waals surface area contributed by atoms with E-state index < -0.39 is 10.7 Å². The molecule has 0 aromatic heterocycles. The van der Waals surface area contributed by atoms with E-state index in [1.54, 1.807) is 0 Å². The summed E-state index contributed by atoms with van der Waals surface area (Å²) < 4.78 is 0. The highest BCUT2D eigenvalue weighted by Crippen LogP contribution is 2.25. The summed E-state index contributed by atoms with van der Waals surface area (Å²) in [5, 5.41) is -0.402. The topological polar surface area (TPSA) is 34.1 Å². The molecule has 0 saturated heterocycles. The van der Waals surface area contributed by atoms with Gasteiger partial charge in [0, 0.05) is 5.41 Å². The highest BCUT2D eigenvalue weighted by Gasteiger charge is 2.28. The third-order valence-corrected chi connectivity index (χ3v) is 1.99. The van der Waals surface area contributed by atoms with Crippen LogP contribution < -0.4 is 0 Å². The maximum absolute atomic E-state index is 11.5. The van der Waals surface area contributed by atoms with Gasteiger partial charge in [-0.3, -0.25) is 9.59 Å². The molecular weight excluding hydrogens is 163 g/mol. The van der Waals surface area contributed by atoms with Crippen molar-refractivity contribution in [2.75, 3.05) is 0 Å². The maximum atomic E-state index is 11.5. The molecule has 3 heteroatoms. The van der Waals surface area contributed by atoms with Crippen LogP contribution >= 0.6 is 0 Å². The van der Waals surface area contributed by atoms with Crippen LogP contribution in [0, 0.1) is 5.41 Å². The van der Waals surface area contributed by atoms with Gasteiger partial charge in [-0.2, -0.15) is 0 Å². The Bertz CT molecular complexity index is 194.